The molecule has 0 bridgehead atoms. The highest BCUT2D eigenvalue weighted by molar-refractivity contribution is 5.30. The molecule has 3 heteroatoms. The second-order valence-corrected chi connectivity index (χ2v) is 3.95. The third-order valence-electron chi connectivity index (χ3n) is 2.75. The zero-order valence-corrected chi connectivity index (χ0v) is 10.1. The summed E-state index contributed by atoms with van der Waals surface area (Å²) in [6.45, 7) is 2.58. The lowest BCUT2D eigenvalue weighted by molar-refractivity contribution is 0.270. The van der Waals surface area contributed by atoms with Crippen molar-refractivity contribution in [1.82, 2.24) is 5.32 Å². The van der Waals surface area contributed by atoms with Gasteiger partial charge in [0.1, 0.15) is 18.1 Å². The van der Waals surface area contributed by atoms with Crippen molar-refractivity contribution in [2.75, 3.05) is 7.05 Å². The monoisotopic (exact) mass is 231 g/mol. The zero-order chi connectivity index (χ0) is 12.1. The zero-order valence-electron chi connectivity index (χ0n) is 10.1. The molecule has 0 aliphatic carbocycles. The number of benzene rings is 1. The highest BCUT2D eigenvalue weighted by atomic mass is 16.5. The van der Waals surface area contributed by atoms with Gasteiger partial charge in [-0.1, -0.05) is 12.1 Å². The van der Waals surface area contributed by atoms with Crippen molar-refractivity contribution in [1.29, 1.82) is 0 Å². The molecule has 0 aliphatic heterocycles. The highest BCUT2D eigenvalue weighted by Gasteiger charge is 2.04. The second kappa shape index (κ2) is 5.55. The van der Waals surface area contributed by atoms with Gasteiger partial charge in [-0.05, 0) is 43.8 Å². The number of ether oxygens (including phenoxy) is 1. The van der Waals surface area contributed by atoms with Gasteiger partial charge in [0, 0.05) is 6.04 Å². The van der Waals surface area contributed by atoms with Gasteiger partial charge in [0.15, 0.2) is 0 Å². The number of hydrogen-bond acceptors (Lipinski definition) is 3. The van der Waals surface area contributed by atoms with Crippen molar-refractivity contribution in [2.24, 2.45) is 0 Å². The Labute approximate surface area is 101 Å². The quantitative estimate of drug-likeness (QED) is 0.858. The number of nitrogens with one attached hydrogen (secondary N) is 1. The van der Waals surface area contributed by atoms with Gasteiger partial charge in [0.05, 0.1) is 6.26 Å². The fourth-order valence-electron chi connectivity index (χ4n) is 1.59. The van der Waals surface area contributed by atoms with E-state index in [4.69, 9.17) is 9.15 Å². The summed E-state index contributed by atoms with van der Waals surface area (Å²) < 4.78 is 10.9. The SMILES string of the molecule is CNC(C)c1cccc(OCc2ccco2)c1. The normalized spacial score (nSPS) is 12.4. The lowest BCUT2D eigenvalue weighted by Gasteiger charge is -2.12. The lowest BCUT2D eigenvalue weighted by Crippen LogP contribution is -2.12. The van der Waals surface area contributed by atoms with Crippen LogP contribution < -0.4 is 10.1 Å². The number of furan rings is 1. The molecule has 0 fully saturated rings. The predicted octanol–water partition coefficient (Wildman–Crippen LogP) is 3.14. The predicted molar refractivity (Wildman–Crippen MR) is 67.0 cm³/mol. The Balaban J connectivity index is 2.01. The maximum Gasteiger partial charge on any atom is 0.146 e. The summed E-state index contributed by atoms with van der Waals surface area (Å²) in [5, 5.41) is 3.20. The van der Waals surface area contributed by atoms with E-state index in [0.717, 1.165) is 11.5 Å². The van der Waals surface area contributed by atoms with Crippen molar-refractivity contribution >= 4 is 0 Å². The van der Waals surface area contributed by atoms with Crippen molar-refractivity contribution < 1.29 is 9.15 Å². The summed E-state index contributed by atoms with van der Waals surface area (Å²) in [5.41, 5.74) is 1.21. The van der Waals surface area contributed by atoms with Gasteiger partial charge in [0.2, 0.25) is 0 Å². The average Bonchev–Trinajstić information content (AvgIpc) is 2.89. The van der Waals surface area contributed by atoms with E-state index >= 15 is 0 Å². The van der Waals surface area contributed by atoms with Crippen LogP contribution in [0.1, 0.15) is 24.3 Å². The number of hydrogen-bond donors (Lipinski definition) is 1. The van der Waals surface area contributed by atoms with Crippen LogP contribution in [0.3, 0.4) is 0 Å². The van der Waals surface area contributed by atoms with Gasteiger partial charge in [-0.2, -0.15) is 0 Å². The smallest absolute Gasteiger partial charge is 0.146 e. The van der Waals surface area contributed by atoms with Gasteiger partial charge < -0.3 is 14.5 Å². The van der Waals surface area contributed by atoms with E-state index in [-0.39, 0.29) is 0 Å². The van der Waals surface area contributed by atoms with Crippen LogP contribution in [0.15, 0.2) is 47.1 Å². The Morgan fingerprint density at radius 2 is 2.18 bits per heavy atom. The molecule has 1 N–H and O–H groups in total. The van der Waals surface area contributed by atoms with Crippen molar-refractivity contribution in [3.8, 4) is 5.75 Å². The molecule has 2 rings (SSSR count). The van der Waals surface area contributed by atoms with E-state index < -0.39 is 0 Å². The van der Waals surface area contributed by atoms with Crippen LogP contribution in [0, 0.1) is 0 Å². The average molecular weight is 231 g/mol. The molecular weight excluding hydrogens is 214 g/mol. The summed E-state index contributed by atoms with van der Waals surface area (Å²) in [4.78, 5) is 0. The van der Waals surface area contributed by atoms with Crippen LogP contribution in [-0.2, 0) is 6.61 Å². The first-order chi connectivity index (χ1) is 8.29. The van der Waals surface area contributed by atoms with E-state index in [2.05, 4.69) is 18.3 Å². The molecule has 17 heavy (non-hydrogen) atoms. The Hall–Kier alpha value is -1.74. The molecule has 0 aliphatic rings. The topological polar surface area (TPSA) is 34.4 Å². The maximum atomic E-state index is 5.66. The molecule has 3 nitrogen and oxygen atoms in total. The van der Waals surface area contributed by atoms with Crippen molar-refractivity contribution in [2.45, 2.75) is 19.6 Å². The molecule has 2 aromatic rings. The molecule has 1 aromatic carbocycles. The minimum absolute atomic E-state index is 0.321. The maximum absolute atomic E-state index is 5.66. The van der Waals surface area contributed by atoms with Gasteiger partial charge in [-0.3, -0.25) is 0 Å². The second-order valence-electron chi connectivity index (χ2n) is 3.95. The molecule has 0 saturated carbocycles. The van der Waals surface area contributed by atoms with E-state index in [9.17, 15) is 0 Å². The van der Waals surface area contributed by atoms with Gasteiger partial charge >= 0.3 is 0 Å². The molecule has 0 spiro atoms. The summed E-state index contributed by atoms with van der Waals surface area (Å²) in [7, 11) is 1.95. The Bertz CT molecular complexity index is 451. The summed E-state index contributed by atoms with van der Waals surface area (Å²) >= 11 is 0. The number of rotatable bonds is 5. The van der Waals surface area contributed by atoms with E-state index in [1.54, 1.807) is 6.26 Å². The molecule has 1 heterocycles. The largest absolute Gasteiger partial charge is 0.486 e. The molecule has 90 valence electrons. The van der Waals surface area contributed by atoms with E-state index in [1.165, 1.54) is 5.56 Å². The fourth-order valence-corrected chi connectivity index (χ4v) is 1.59. The van der Waals surface area contributed by atoms with E-state index in [0.29, 0.717) is 12.6 Å². The molecule has 1 unspecified atom stereocenters. The molecule has 1 aromatic heterocycles. The van der Waals surface area contributed by atoms with Crippen LogP contribution >= 0.6 is 0 Å². The van der Waals surface area contributed by atoms with Crippen LogP contribution in [-0.4, -0.2) is 7.05 Å². The first-order valence-electron chi connectivity index (χ1n) is 5.72. The standard InChI is InChI=1S/C14H17NO2/c1-11(15-2)12-5-3-6-13(9-12)17-10-14-7-4-8-16-14/h3-9,11,15H,10H2,1-2H3. The van der Waals surface area contributed by atoms with Crippen LogP contribution in [0.25, 0.3) is 0 Å². The molecular formula is C14H17NO2. The summed E-state index contributed by atoms with van der Waals surface area (Å²) in [6.07, 6.45) is 1.65. The molecule has 0 radical (unpaired) electrons. The van der Waals surface area contributed by atoms with Crippen molar-refractivity contribution in [3.05, 3.63) is 54.0 Å². The Morgan fingerprint density at radius 1 is 1.29 bits per heavy atom. The van der Waals surface area contributed by atoms with Crippen LogP contribution in [0.5, 0.6) is 5.75 Å². The first-order valence-corrected chi connectivity index (χ1v) is 5.72. The molecule has 0 amide bonds. The highest BCUT2D eigenvalue weighted by Crippen LogP contribution is 2.19. The van der Waals surface area contributed by atoms with Gasteiger partial charge in [0.25, 0.3) is 0 Å². The first kappa shape index (κ1) is 11.7. The lowest BCUT2D eigenvalue weighted by atomic mass is 10.1. The molecule has 0 saturated heterocycles. The van der Waals surface area contributed by atoms with Gasteiger partial charge in [-0.25, -0.2) is 0 Å². The Morgan fingerprint density at radius 3 is 2.88 bits per heavy atom. The third kappa shape index (κ3) is 3.11. The van der Waals surface area contributed by atoms with Gasteiger partial charge in [-0.15, -0.1) is 0 Å². The minimum Gasteiger partial charge on any atom is -0.486 e. The summed E-state index contributed by atoms with van der Waals surface area (Å²) in [6, 6.07) is 12.2. The summed E-state index contributed by atoms with van der Waals surface area (Å²) in [5.74, 6) is 1.69. The van der Waals surface area contributed by atoms with Crippen LogP contribution in [0.4, 0.5) is 0 Å². The van der Waals surface area contributed by atoms with E-state index in [1.807, 2.05) is 37.4 Å². The minimum atomic E-state index is 0.321. The van der Waals surface area contributed by atoms with Crippen molar-refractivity contribution in [3.63, 3.8) is 0 Å². The molecule has 1 atom stereocenters. The fraction of sp³-hybridized carbons (Fsp3) is 0.286. The van der Waals surface area contributed by atoms with Crippen LogP contribution in [0.2, 0.25) is 0 Å². The third-order valence-corrected chi connectivity index (χ3v) is 2.75. The Kier molecular flexibility index (Phi) is 3.83.